The van der Waals surface area contributed by atoms with Crippen LogP contribution in [-0.4, -0.2) is 34.2 Å². The molecule has 3 aromatic rings. The van der Waals surface area contributed by atoms with Crippen molar-refractivity contribution in [3.05, 3.63) is 63.7 Å². The summed E-state index contributed by atoms with van der Waals surface area (Å²) in [7, 11) is 0. The predicted octanol–water partition coefficient (Wildman–Crippen LogP) is 5.26. The number of aliphatic hydroxyl groups excluding tert-OH is 1. The number of fused-ring (bicyclic) bond motifs is 1. The van der Waals surface area contributed by atoms with Gasteiger partial charge in [-0.2, -0.15) is 0 Å². The van der Waals surface area contributed by atoms with Gasteiger partial charge in [0.25, 0.3) is 0 Å². The van der Waals surface area contributed by atoms with Gasteiger partial charge >= 0.3 is 0 Å². The molecule has 1 saturated heterocycles. The number of halogens is 4. The maximum absolute atomic E-state index is 13.4. The molecular weight excluding hydrogens is 468 g/mol. The van der Waals surface area contributed by atoms with Crippen LogP contribution < -0.4 is 4.80 Å². The Morgan fingerprint density at radius 2 is 1.90 bits per heavy atom. The molecule has 30 heavy (non-hydrogen) atoms. The molecule has 1 aliphatic rings. The zero-order valence-corrected chi connectivity index (χ0v) is 19.5. The average molecular weight is 493 g/mol. The first-order valence-corrected chi connectivity index (χ1v) is 10.7. The molecule has 1 unspecified atom stereocenters. The van der Waals surface area contributed by atoms with Crippen LogP contribution in [0.5, 0.6) is 0 Å². The highest BCUT2D eigenvalue weighted by molar-refractivity contribution is 7.16. The minimum atomic E-state index is -0.674. The number of piperidine rings is 1. The lowest BCUT2D eigenvalue weighted by Crippen LogP contribution is -2.38. The fourth-order valence-corrected chi connectivity index (χ4v) is 5.11. The number of thiazole rings is 1. The largest absolute Gasteiger partial charge is 0.387 e. The molecule has 2 N–H and O–H groups in total. The Labute approximate surface area is 196 Å². The summed E-state index contributed by atoms with van der Waals surface area (Å²) in [6, 6.07) is 12.0. The van der Waals surface area contributed by atoms with Gasteiger partial charge in [0, 0.05) is 18.1 Å². The zero-order chi connectivity index (χ0) is 19.7. The van der Waals surface area contributed by atoms with Crippen LogP contribution in [0.1, 0.15) is 24.5 Å². The maximum Gasteiger partial charge on any atom is 0.182 e. The van der Waals surface area contributed by atoms with Crippen molar-refractivity contribution in [3.63, 3.8) is 0 Å². The number of benzene rings is 2. The molecule has 1 atom stereocenters. The van der Waals surface area contributed by atoms with E-state index in [0.29, 0.717) is 27.9 Å². The SMILES string of the molecule is Cl.Cl.N=c1sc2cc(Cl)ccc2n1CC1CCN(CC(O)c2cccc(F)c2)CC1. The van der Waals surface area contributed by atoms with E-state index in [2.05, 4.69) is 9.47 Å². The van der Waals surface area contributed by atoms with E-state index in [9.17, 15) is 9.50 Å². The summed E-state index contributed by atoms with van der Waals surface area (Å²) in [5, 5.41) is 19.4. The molecule has 0 radical (unpaired) electrons. The average Bonchev–Trinajstić information content (AvgIpc) is 2.97. The van der Waals surface area contributed by atoms with E-state index in [4.69, 9.17) is 17.0 Å². The lowest BCUT2D eigenvalue weighted by atomic mass is 9.96. The van der Waals surface area contributed by atoms with Gasteiger partial charge in [-0.1, -0.05) is 35.1 Å². The van der Waals surface area contributed by atoms with Crippen molar-refractivity contribution in [1.29, 1.82) is 5.41 Å². The first-order valence-electron chi connectivity index (χ1n) is 9.49. The van der Waals surface area contributed by atoms with Crippen molar-refractivity contribution < 1.29 is 9.50 Å². The maximum atomic E-state index is 13.4. The Hall–Kier alpha value is -1.15. The lowest BCUT2D eigenvalue weighted by molar-refractivity contribution is 0.0865. The minimum Gasteiger partial charge on any atom is -0.387 e. The van der Waals surface area contributed by atoms with Crippen molar-refractivity contribution in [1.82, 2.24) is 9.47 Å². The number of hydrogen-bond acceptors (Lipinski definition) is 4. The van der Waals surface area contributed by atoms with E-state index >= 15 is 0 Å². The van der Waals surface area contributed by atoms with Crippen LogP contribution in [0.25, 0.3) is 10.2 Å². The quantitative estimate of drug-likeness (QED) is 0.510. The van der Waals surface area contributed by atoms with Gasteiger partial charge < -0.3 is 14.6 Å². The first kappa shape index (κ1) is 25.1. The number of hydrogen-bond donors (Lipinski definition) is 2. The van der Waals surface area contributed by atoms with E-state index in [1.165, 1.54) is 23.5 Å². The highest BCUT2D eigenvalue weighted by Crippen LogP contribution is 2.26. The molecule has 1 aromatic heterocycles. The minimum absolute atomic E-state index is 0. The molecule has 0 spiro atoms. The molecule has 2 aromatic carbocycles. The molecular formula is C21H25Cl3FN3OS. The van der Waals surface area contributed by atoms with E-state index in [1.54, 1.807) is 12.1 Å². The molecule has 4 nitrogen and oxygen atoms in total. The number of likely N-dealkylation sites (tertiary alicyclic amines) is 1. The monoisotopic (exact) mass is 491 g/mol. The van der Waals surface area contributed by atoms with E-state index in [-0.39, 0.29) is 30.6 Å². The third-order valence-electron chi connectivity index (χ3n) is 5.48. The summed E-state index contributed by atoms with van der Waals surface area (Å²) in [5.41, 5.74) is 1.70. The Balaban J connectivity index is 0.00000160. The van der Waals surface area contributed by atoms with Gasteiger partial charge in [0.05, 0.1) is 16.3 Å². The van der Waals surface area contributed by atoms with Crippen molar-refractivity contribution in [3.8, 4) is 0 Å². The second-order valence-electron chi connectivity index (χ2n) is 7.44. The fourth-order valence-electron chi connectivity index (χ4n) is 3.92. The highest BCUT2D eigenvalue weighted by atomic mass is 35.5. The van der Waals surface area contributed by atoms with Crippen LogP contribution >= 0.6 is 47.8 Å². The summed E-state index contributed by atoms with van der Waals surface area (Å²) in [5.74, 6) is 0.188. The third kappa shape index (κ3) is 5.75. The molecule has 4 rings (SSSR count). The number of β-amino-alcohol motifs (C(OH)–C–C–N with tert-alkyl or cyclic N) is 1. The molecule has 1 fully saturated rings. The summed E-state index contributed by atoms with van der Waals surface area (Å²) in [6.07, 6.45) is 1.37. The van der Waals surface area contributed by atoms with E-state index in [0.717, 1.165) is 42.7 Å². The topological polar surface area (TPSA) is 52.2 Å². The molecule has 164 valence electrons. The molecule has 9 heteroatoms. The normalized spacial score (nSPS) is 16.1. The van der Waals surface area contributed by atoms with Gasteiger partial charge in [-0.3, -0.25) is 5.41 Å². The van der Waals surface area contributed by atoms with Crippen LogP contribution in [0.15, 0.2) is 42.5 Å². The summed E-state index contributed by atoms with van der Waals surface area (Å²) < 4.78 is 16.5. The highest BCUT2D eigenvalue weighted by Gasteiger charge is 2.23. The van der Waals surface area contributed by atoms with Gasteiger partial charge in [-0.15, -0.1) is 24.8 Å². The second-order valence-corrected chi connectivity index (χ2v) is 8.91. The van der Waals surface area contributed by atoms with Crippen LogP contribution in [0, 0.1) is 17.1 Å². The molecule has 0 bridgehead atoms. The molecule has 1 aliphatic heterocycles. The zero-order valence-electron chi connectivity index (χ0n) is 16.3. The van der Waals surface area contributed by atoms with Gasteiger partial charge in [-0.05, 0) is 67.7 Å². The van der Waals surface area contributed by atoms with Gasteiger partial charge in [0.2, 0.25) is 0 Å². The van der Waals surface area contributed by atoms with Gasteiger partial charge in [-0.25, -0.2) is 4.39 Å². The van der Waals surface area contributed by atoms with Crippen LogP contribution in [0.4, 0.5) is 4.39 Å². The van der Waals surface area contributed by atoms with Crippen LogP contribution in [0.2, 0.25) is 5.02 Å². The number of nitrogens with zero attached hydrogens (tertiary/aromatic N) is 2. The molecule has 0 aliphatic carbocycles. The predicted molar refractivity (Wildman–Crippen MR) is 126 cm³/mol. The Morgan fingerprint density at radius 1 is 1.17 bits per heavy atom. The smallest absolute Gasteiger partial charge is 0.182 e. The van der Waals surface area contributed by atoms with Crippen molar-refractivity contribution >= 4 is 58.0 Å². The van der Waals surface area contributed by atoms with Crippen LogP contribution in [0.3, 0.4) is 0 Å². The number of aliphatic hydroxyl groups is 1. The Bertz CT molecular complexity index is 1030. The molecule has 0 saturated carbocycles. The first-order chi connectivity index (χ1) is 13.5. The third-order valence-corrected chi connectivity index (χ3v) is 6.67. The van der Waals surface area contributed by atoms with E-state index in [1.807, 2.05) is 18.2 Å². The summed E-state index contributed by atoms with van der Waals surface area (Å²) in [4.78, 5) is 2.80. The van der Waals surface area contributed by atoms with Gasteiger partial charge in [0.15, 0.2) is 4.80 Å². The standard InChI is InChI=1S/C21H23ClFN3OS.2ClH/c22-16-4-5-18-20(11-16)28-21(24)26(18)12-14-6-8-25(9-7-14)13-19(27)15-2-1-3-17(23)10-15;;/h1-5,10-11,14,19,24,27H,6-9,12-13H2;2*1H. The second kappa shape index (κ2) is 10.9. The summed E-state index contributed by atoms with van der Waals surface area (Å²) >= 11 is 7.53. The van der Waals surface area contributed by atoms with Gasteiger partial charge in [0.1, 0.15) is 5.82 Å². The Morgan fingerprint density at radius 3 is 2.60 bits per heavy atom. The Kier molecular flexibility index (Phi) is 9.15. The number of aromatic nitrogens is 1. The van der Waals surface area contributed by atoms with Crippen molar-refractivity contribution in [2.75, 3.05) is 19.6 Å². The van der Waals surface area contributed by atoms with Crippen molar-refractivity contribution in [2.45, 2.75) is 25.5 Å². The van der Waals surface area contributed by atoms with Crippen LogP contribution in [-0.2, 0) is 6.54 Å². The summed E-state index contributed by atoms with van der Waals surface area (Å²) in [6.45, 7) is 3.16. The molecule has 0 amide bonds. The number of rotatable bonds is 5. The lowest BCUT2D eigenvalue weighted by Gasteiger charge is -2.33. The van der Waals surface area contributed by atoms with E-state index < -0.39 is 6.10 Å². The molecule has 2 heterocycles. The number of nitrogens with one attached hydrogen (secondary N) is 1. The fraction of sp³-hybridized carbons (Fsp3) is 0.381. The van der Waals surface area contributed by atoms with Crippen molar-refractivity contribution in [2.24, 2.45) is 5.92 Å².